The summed E-state index contributed by atoms with van der Waals surface area (Å²) in [5, 5.41) is 2.76. The van der Waals surface area contributed by atoms with Crippen LogP contribution in [0.1, 0.15) is 25.8 Å². The zero-order chi connectivity index (χ0) is 21.6. The molecule has 2 N–H and O–H groups in total. The smallest absolute Gasteiger partial charge is 0.242 e. The van der Waals surface area contributed by atoms with Crippen molar-refractivity contribution < 1.29 is 22.7 Å². The predicted molar refractivity (Wildman–Crippen MR) is 113 cm³/mol. The van der Waals surface area contributed by atoms with Gasteiger partial charge < -0.3 is 14.8 Å². The van der Waals surface area contributed by atoms with Gasteiger partial charge in [0, 0.05) is 6.07 Å². The number of methoxy groups -OCH3 is 2. The van der Waals surface area contributed by atoms with Crippen molar-refractivity contribution in [1.82, 2.24) is 4.72 Å². The number of carbonyl (C=O) groups excluding carboxylic acids is 1. The van der Waals surface area contributed by atoms with E-state index in [1.165, 1.54) is 26.4 Å². The lowest BCUT2D eigenvalue weighted by atomic mass is 9.99. The van der Waals surface area contributed by atoms with Crippen LogP contribution in [-0.2, 0) is 14.8 Å². The highest BCUT2D eigenvalue weighted by Crippen LogP contribution is 2.29. The fraction of sp³-hybridized carbons (Fsp3) is 0.381. The first-order valence-corrected chi connectivity index (χ1v) is 10.8. The van der Waals surface area contributed by atoms with Gasteiger partial charge in [-0.15, -0.1) is 0 Å². The summed E-state index contributed by atoms with van der Waals surface area (Å²) in [6.07, 6.45) is 0.615. The maximum absolute atomic E-state index is 13.0. The van der Waals surface area contributed by atoms with Crippen LogP contribution < -0.4 is 19.5 Å². The normalized spacial score (nSPS) is 13.4. The van der Waals surface area contributed by atoms with Gasteiger partial charge in [-0.05, 0) is 37.1 Å². The van der Waals surface area contributed by atoms with E-state index in [9.17, 15) is 13.2 Å². The predicted octanol–water partition coefficient (Wildman–Crippen LogP) is 3.34. The number of sulfonamides is 1. The molecule has 0 spiro atoms. The summed E-state index contributed by atoms with van der Waals surface area (Å²) in [4.78, 5) is 13.1. The Morgan fingerprint density at radius 1 is 1.07 bits per heavy atom. The number of carbonyl (C=O) groups is 1. The van der Waals surface area contributed by atoms with Crippen molar-refractivity contribution in [1.29, 1.82) is 0 Å². The lowest BCUT2D eigenvalue weighted by molar-refractivity contribution is -0.118. The summed E-state index contributed by atoms with van der Waals surface area (Å²) >= 11 is 0. The first kappa shape index (κ1) is 22.7. The highest BCUT2D eigenvalue weighted by Gasteiger charge is 2.30. The molecular formula is C21H28N2O5S. The molecule has 8 heteroatoms. The third-order valence-electron chi connectivity index (χ3n) is 4.77. The second kappa shape index (κ2) is 9.76. The minimum atomic E-state index is -3.86. The second-order valence-corrected chi connectivity index (χ2v) is 8.57. The Morgan fingerprint density at radius 3 is 2.28 bits per heavy atom. The van der Waals surface area contributed by atoms with E-state index in [1.54, 1.807) is 30.3 Å². The molecule has 0 radical (unpaired) electrons. The summed E-state index contributed by atoms with van der Waals surface area (Å²) in [7, 11) is -0.855. The van der Waals surface area contributed by atoms with E-state index >= 15 is 0 Å². The molecule has 0 fully saturated rings. The summed E-state index contributed by atoms with van der Waals surface area (Å²) in [6.45, 7) is 5.60. The highest BCUT2D eigenvalue weighted by atomic mass is 32.2. The number of hydrogen-bond acceptors (Lipinski definition) is 5. The quantitative estimate of drug-likeness (QED) is 0.649. The van der Waals surface area contributed by atoms with Crippen molar-refractivity contribution >= 4 is 21.6 Å². The maximum atomic E-state index is 13.0. The van der Waals surface area contributed by atoms with E-state index in [4.69, 9.17) is 9.47 Å². The van der Waals surface area contributed by atoms with Gasteiger partial charge in [0.1, 0.15) is 17.5 Å². The molecule has 0 aliphatic heterocycles. The van der Waals surface area contributed by atoms with E-state index in [2.05, 4.69) is 10.0 Å². The average molecular weight is 421 g/mol. The molecule has 2 aromatic rings. The number of anilines is 1. The Labute approximate surface area is 172 Å². The number of benzene rings is 2. The topological polar surface area (TPSA) is 93.7 Å². The van der Waals surface area contributed by atoms with E-state index < -0.39 is 22.0 Å². The molecule has 1 amide bonds. The fourth-order valence-corrected chi connectivity index (χ4v) is 4.04. The van der Waals surface area contributed by atoms with Crippen molar-refractivity contribution in [2.24, 2.45) is 5.92 Å². The van der Waals surface area contributed by atoms with Gasteiger partial charge in [0.15, 0.2) is 0 Å². The van der Waals surface area contributed by atoms with Crippen molar-refractivity contribution in [3.8, 4) is 11.5 Å². The van der Waals surface area contributed by atoms with Crippen LogP contribution in [0.2, 0.25) is 0 Å². The highest BCUT2D eigenvalue weighted by molar-refractivity contribution is 7.89. The van der Waals surface area contributed by atoms with Crippen LogP contribution in [-0.4, -0.2) is 34.6 Å². The molecule has 0 bridgehead atoms. The third-order valence-corrected chi connectivity index (χ3v) is 6.23. The van der Waals surface area contributed by atoms with Gasteiger partial charge in [-0.2, -0.15) is 4.72 Å². The summed E-state index contributed by atoms with van der Waals surface area (Å²) in [5.41, 5.74) is 1.35. The first-order chi connectivity index (χ1) is 13.7. The van der Waals surface area contributed by atoms with Crippen molar-refractivity contribution in [3.05, 3.63) is 48.0 Å². The molecule has 0 aliphatic rings. The summed E-state index contributed by atoms with van der Waals surface area (Å²) < 4.78 is 38.7. The van der Waals surface area contributed by atoms with Crippen LogP contribution in [0, 0.1) is 12.8 Å². The second-order valence-electron chi connectivity index (χ2n) is 6.85. The Balaban J connectivity index is 2.30. The zero-order valence-electron chi connectivity index (χ0n) is 17.4. The van der Waals surface area contributed by atoms with Crippen LogP contribution in [0.15, 0.2) is 47.4 Å². The van der Waals surface area contributed by atoms with Gasteiger partial charge in [0.25, 0.3) is 0 Å². The molecule has 158 valence electrons. The van der Waals surface area contributed by atoms with Crippen LogP contribution in [0.3, 0.4) is 0 Å². The van der Waals surface area contributed by atoms with Crippen molar-refractivity contribution in [2.75, 3.05) is 19.5 Å². The molecule has 29 heavy (non-hydrogen) atoms. The van der Waals surface area contributed by atoms with E-state index in [0.717, 1.165) is 5.56 Å². The Bertz CT molecular complexity index is 942. The Kier molecular flexibility index (Phi) is 7.64. The monoisotopic (exact) mass is 420 g/mol. The number of nitrogens with one attached hydrogen (secondary N) is 2. The molecule has 0 unspecified atom stereocenters. The van der Waals surface area contributed by atoms with Crippen LogP contribution in [0.25, 0.3) is 0 Å². The van der Waals surface area contributed by atoms with Gasteiger partial charge in [-0.1, -0.05) is 38.0 Å². The molecular weight excluding hydrogens is 392 g/mol. The van der Waals surface area contributed by atoms with Crippen molar-refractivity contribution in [3.63, 3.8) is 0 Å². The zero-order valence-corrected chi connectivity index (χ0v) is 18.2. The van der Waals surface area contributed by atoms with E-state index in [0.29, 0.717) is 23.6 Å². The molecule has 0 heterocycles. The van der Waals surface area contributed by atoms with Gasteiger partial charge in [0.2, 0.25) is 15.9 Å². The number of amides is 1. The first-order valence-electron chi connectivity index (χ1n) is 9.33. The molecule has 2 rings (SSSR count). The van der Waals surface area contributed by atoms with Gasteiger partial charge >= 0.3 is 0 Å². The lowest BCUT2D eigenvalue weighted by Crippen LogP contribution is -2.47. The molecule has 0 aliphatic carbocycles. The standard InChI is InChI=1S/C21H28N2O5S/c1-6-15(3)20(23-29(25,26)17-10-7-14(2)8-11-17)21(24)22-18-13-16(27-4)9-12-19(18)28-5/h7-13,15,20,23H,6H2,1-5H3,(H,22,24)/t15-,20+/m1/s1. The maximum Gasteiger partial charge on any atom is 0.242 e. The largest absolute Gasteiger partial charge is 0.497 e. The minimum absolute atomic E-state index is 0.114. The van der Waals surface area contributed by atoms with E-state index in [1.807, 2.05) is 20.8 Å². The van der Waals surface area contributed by atoms with Crippen molar-refractivity contribution in [2.45, 2.75) is 38.1 Å². The van der Waals surface area contributed by atoms with Gasteiger partial charge in [-0.25, -0.2) is 8.42 Å². The Hall–Kier alpha value is -2.58. The molecule has 2 aromatic carbocycles. The van der Waals surface area contributed by atoms with E-state index in [-0.39, 0.29) is 10.8 Å². The average Bonchev–Trinajstić information content (AvgIpc) is 2.71. The number of rotatable bonds is 9. The van der Waals surface area contributed by atoms with Crippen LogP contribution in [0.4, 0.5) is 5.69 Å². The molecule has 7 nitrogen and oxygen atoms in total. The van der Waals surface area contributed by atoms with Gasteiger partial charge in [0.05, 0.1) is 24.8 Å². The number of aryl methyl sites for hydroxylation is 1. The van der Waals surface area contributed by atoms with Crippen LogP contribution in [0.5, 0.6) is 11.5 Å². The summed E-state index contributed by atoms with van der Waals surface area (Å²) in [6, 6.07) is 10.5. The fourth-order valence-electron chi connectivity index (χ4n) is 2.74. The molecule has 0 aromatic heterocycles. The van der Waals surface area contributed by atoms with Crippen LogP contribution >= 0.6 is 0 Å². The molecule has 2 atom stereocenters. The lowest BCUT2D eigenvalue weighted by Gasteiger charge is -2.24. The molecule has 0 saturated carbocycles. The Morgan fingerprint density at radius 2 is 1.72 bits per heavy atom. The SMILES string of the molecule is CC[C@@H](C)[C@H](NS(=O)(=O)c1ccc(C)cc1)C(=O)Nc1cc(OC)ccc1OC. The summed E-state index contributed by atoms with van der Waals surface area (Å²) in [5.74, 6) is 0.290. The number of ether oxygens (including phenoxy) is 2. The minimum Gasteiger partial charge on any atom is -0.497 e. The van der Waals surface area contributed by atoms with Gasteiger partial charge in [-0.3, -0.25) is 4.79 Å². The molecule has 0 saturated heterocycles. The number of hydrogen-bond donors (Lipinski definition) is 2. The third kappa shape index (κ3) is 5.71.